The number of halogens is 1. The third kappa shape index (κ3) is 2.80. The first kappa shape index (κ1) is 14.4. The third-order valence-corrected chi connectivity index (χ3v) is 2.87. The summed E-state index contributed by atoms with van der Waals surface area (Å²) in [6, 6.07) is 2.87. The first-order valence-electron chi connectivity index (χ1n) is 5.47. The van der Waals surface area contributed by atoms with Crippen LogP contribution in [-0.2, 0) is 7.05 Å². The highest BCUT2D eigenvalue weighted by Gasteiger charge is 2.19. The molecular weight excluding hydrogens is 300 g/mol. The van der Waals surface area contributed by atoms with E-state index in [1.807, 2.05) is 6.07 Å². The molecule has 0 aliphatic carbocycles. The maximum Gasteiger partial charge on any atom is 0.288 e. The Bertz CT molecular complexity index is 779. The van der Waals surface area contributed by atoms with E-state index in [0.29, 0.717) is 0 Å². The highest BCUT2D eigenvalue weighted by molar-refractivity contribution is 6.33. The van der Waals surface area contributed by atoms with Gasteiger partial charge in [0.15, 0.2) is 0 Å². The fraction of sp³-hybridized carbons (Fsp3) is 0.0909. The lowest BCUT2D eigenvalue weighted by Crippen LogP contribution is -2.16. The van der Waals surface area contributed by atoms with Gasteiger partial charge in [0.25, 0.3) is 11.6 Å². The van der Waals surface area contributed by atoms with Gasteiger partial charge in [-0.05, 0) is 0 Å². The molecule has 0 saturated carbocycles. The summed E-state index contributed by atoms with van der Waals surface area (Å²) in [6.07, 6.45) is 2.23. The fourth-order valence-electron chi connectivity index (χ4n) is 1.54. The van der Waals surface area contributed by atoms with Crippen LogP contribution in [0.3, 0.4) is 0 Å². The van der Waals surface area contributed by atoms with Gasteiger partial charge in [-0.15, -0.1) is 0 Å². The van der Waals surface area contributed by atoms with Crippen molar-refractivity contribution >= 4 is 29.0 Å². The Balaban J connectivity index is 2.37. The van der Waals surface area contributed by atoms with Gasteiger partial charge in [-0.25, -0.2) is 4.98 Å². The number of pyridine rings is 1. The van der Waals surface area contributed by atoms with Crippen molar-refractivity contribution in [1.82, 2.24) is 14.8 Å². The molecule has 10 heteroatoms. The van der Waals surface area contributed by atoms with E-state index in [2.05, 4.69) is 15.4 Å². The van der Waals surface area contributed by atoms with Crippen LogP contribution in [0.15, 0.2) is 18.5 Å². The summed E-state index contributed by atoms with van der Waals surface area (Å²) < 4.78 is 1.29. The standard InChI is InChI=1S/C11H7ClN6O3/c1-17-10(6(3-13)4-15-17)16-11(19)8-2-7(18(20)21)5-14-9(8)12/h2,4-5H,1H3,(H,16,19). The summed E-state index contributed by atoms with van der Waals surface area (Å²) in [4.78, 5) is 25.7. The number of aromatic nitrogens is 3. The van der Waals surface area contributed by atoms with Crippen LogP contribution in [0, 0.1) is 21.4 Å². The van der Waals surface area contributed by atoms with Crippen LogP contribution in [-0.4, -0.2) is 25.6 Å². The zero-order valence-electron chi connectivity index (χ0n) is 10.6. The van der Waals surface area contributed by atoms with E-state index >= 15 is 0 Å². The predicted octanol–water partition coefficient (Wildman–Crippen LogP) is 1.50. The van der Waals surface area contributed by atoms with Crippen molar-refractivity contribution in [3.63, 3.8) is 0 Å². The average molecular weight is 307 g/mol. The van der Waals surface area contributed by atoms with Gasteiger partial charge in [0.05, 0.1) is 16.7 Å². The van der Waals surface area contributed by atoms with Crippen molar-refractivity contribution in [1.29, 1.82) is 5.26 Å². The van der Waals surface area contributed by atoms with Gasteiger partial charge in [0.2, 0.25) is 0 Å². The van der Waals surface area contributed by atoms with E-state index in [-0.39, 0.29) is 27.8 Å². The van der Waals surface area contributed by atoms with E-state index in [0.717, 1.165) is 12.3 Å². The lowest BCUT2D eigenvalue weighted by atomic mass is 10.2. The minimum Gasteiger partial charge on any atom is -0.306 e. The molecule has 1 amide bonds. The van der Waals surface area contributed by atoms with Crippen molar-refractivity contribution in [3.05, 3.63) is 44.9 Å². The van der Waals surface area contributed by atoms with Crippen LogP contribution in [0.2, 0.25) is 5.15 Å². The molecule has 0 aromatic carbocycles. The monoisotopic (exact) mass is 306 g/mol. The summed E-state index contributed by atoms with van der Waals surface area (Å²) in [6.45, 7) is 0. The molecule has 0 radical (unpaired) electrons. The van der Waals surface area contributed by atoms with Gasteiger partial charge in [-0.3, -0.25) is 19.6 Å². The minimum atomic E-state index is -0.726. The molecule has 2 aromatic heterocycles. The Morgan fingerprint density at radius 1 is 1.57 bits per heavy atom. The van der Waals surface area contributed by atoms with Gasteiger partial charge in [-0.2, -0.15) is 10.4 Å². The number of nitro groups is 1. The maximum atomic E-state index is 12.1. The number of anilines is 1. The van der Waals surface area contributed by atoms with Crippen LogP contribution in [0.4, 0.5) is 11.5 Å². The van der Waals surface area contributed by atoms with Crippen molar-refractivity contribution in [2.75, 3.05) is 5.32 Å². The van der Waals surface area contributed by atoms with Crippen LogP contribution in [0.1, 0.15) is 15.9 Å². The SMILES string of the molecule is Cn1ncc(C#N)c1NC(=O)c1cc([N+](=O)[O-])cnc1Cl. The minimum absolute atomic E-state index is 0.153. The number of nitriles is 1. The third-order valence-electron chi connectivity index (χ3n) is 2.57. The molecule has 21 heavy (non-hydrogen) atoms. The van der Waals surface area contributed by atoms with E-state index in [9.17, 15) is 14.9 Å². The molecule has 1 N–H and O–H groups in total. The first-order valence-corrected chi connectivity index (χ1v) is 5.85. The van der Waals surface area contributed by atoms with Gasteiger partial charge in [-0.1, -0.05) is 11.6 Å². The summed E-state index contributed by atoms with van der Waals surface area (Å²) in [5.74, 6) is -0.568. The van der Waals surface area contributed by atoms with E-state index in [1.54, 1.807) is 0 Å². The number of amides is 1. The Hall–Kier alpha value is -2.99. The van der Waals surface area contributed by atoms with Crippen molar-refractivity contribution < 1.29 is 9.72 Å². The summed E-state index contributed by atoms with van der Waals surface area (Å²) in [5, 5.41) is 25.7. The summed E-state index contributed by atoms with van der Waals surface area (Å²) in [7, 11) is 1.53. The van der Waals surface area contributed by atoms with Crippen LogP contribution < -0.4 is 5.32 Å². The number of nitrogens with zero attached hydrogens (tertiary/aromatic N) is 5. The Labute approximate surface area is 122 Å². The quantitative estimate of drug-likeness (QED) is 0.520. The van der Waals surface area contributed by atoms with Gasteiger partial charge in [0, 0.05) is 13.1 Å². The number of carbonyl (C=O) groups excluding carboxylic acids is 1. The second-order valence-corrected chi connectivity index (χ2v) is 4.24. The van der Waals surface area contributed by atoms with Crippen molar-refractivity contribution in [2.24, 2.45) is 7.05 Å². The molecule has 0 unspecified atom stereocenters. The van der Waals surface area contributed by atoms with Crippen molar-refractivity contribution in [2.45, 2.75) is 0 Å². The zero-order valence-corrected chi connectivity index (χ0v) is 11.3. The molecule has 0 bridgehead atoms. The van der Waals surface area contributed by atoms with E-state index in [1.165, 1.54) is 17.9 Å². The second kappa shape index (κ2) is 5.56. The zero-order chi connectivity index (χ0) is 15.6. The molecule has 2 rings (SSSR count). The molecule has 2 aromatic rings. The average Bonchev–Trinajstić information content (AvgIpc) is 2.79. The number of hydrogen-bond donors (Lipinski definition) is 1. The normalized spacial score (nSPS) is 9.95. The molecule has 0 aliphatic rings. The molecule has 0 spiro atoms. The molecule has 2 heterocycles. The maximum absolute atomic E-state index is 12.1. The summed E-state index contributed by atoms with van der Waals surface area (Å²) in [5.41, 5.74) is -0.383. The molecule has 0 aliphatic heterocycles. The molecule has 9 nitrogen and oxygen atoms in total. The Morgan fingerprint density at radius 2 is 2.29 bits per heavy atom. The van der Waals surface area contributed by atoms with Crippen molar-refractivity contribution in [3.8, 4) is 6.07 Å². The molecule has 0 fully saturated rings. The molecular formula is C11H7ClN6O3. The highest BCUT2D eigenvalue weighted by atomic mass is 35.5. The topological polar surface area (TPSA) is 127 Å². The first-order chi connectivity index (χ1) is 9.93. The second-order valence-electron chi connectivity index (χ2n) is 3.89. The Morgan fingerprint density at radius 3 is 2.90 bits per heavy atom. The van der Waals surface area contributed by atoms with E-state index in [4.69, 9.17) is 16.9 Å². The van der Waals surface area contributed by atoms with Crippen LogP contribution >= 0.6 is 11.6 Å². The van der Waals surface area contributed by atoms with Gasteiger partial charge >= 0.3 is 0 Å². The number of aryl methyl sites for hydroxylation is 1. The van der Waals surface area contributed by atoms with Gasteiger partial charge in [0.1, 0.15) is 28.8 Å². The largest absolute Gasteiger partial charge is 0.306 e. The number of rotatable bonds is 3. The molecule has 0 atom stereocenters. The lowest BCUT2D eigenvalue weighted by molar-refractivity contribution is -0.385. The number of hydrogen-bond acceptors (Lipinski definition) is 6. The number of nitrogens with one attached hydrogen (secondary N) is 1. The van der Waals surface area contributed by atoms with Crippen LogP contribution in [0.25, 0.3) is 0 Å². The number of carbonyl (C=O) groups is 1. The smallest absolute Gasteiger partial charge is 0.288 e. The van der Waals surface area contributed by atoms with Crippen LogP contribution in [0.5, 0.6) is 0 Å². The summed E-state index contributed by atoms with van der Waals surface area (Å²) >= 11 is 5.77. The highest BCUT2D eigenvalue weighted by Crippen LogP contribution is 2.21. The van der Waals surface area contributed by atoms with E-state index < -0.39 is 10.8 Å². The Kier molecular flexibility index (Phi) is 3.82. The predicted molar refractivity (Wildman–Crippen MR) is 71.8 cm³/mol. The fourth-order valence-corrected chi connectivity index (χ4v) is 1.73. The van der Waals surface area contributed by atoms with Gasteiger partial charge < -0.3 is 5.32 Å². The molecule has 0 saturated heterocycles. The lowest BCUT2D eigenvalue weighted by Gasteiger charge is -2.06. The molecule has 106 valence electrons.